The summed E-state index contributed by atoms with van der Waals surface area (Å²) in [5, 5.41) is 2.98. The van der Waals surface area contributed by atoms with Gasteiger partial charge in [-0.2, -0.15) is 4.31 Å². The van der Waals surface area contributed by atoms with Crippen LogP contribution >= 0.6 is 11.6 Å². The van der Waals surface area contributed by atoms with Crippen LogP contribution in [0.2, 0.25) is 5.02 Å². The van der Waals surface area contributed by atoms with Gasteiger partial charge in [-0.3, -0.25) is 4.79 Å². The van der Waals surface area contributed by atoms with Crippen LogP contribution < -0.4 is 5.32 Å². The minimum absolute atomic E-state index is 0.00965. The number of nitrogens with one attached hydrogen (secondary N) is 1. The molecule has 33 heavy (non-hydrogen) atoms. The van der Waals surface area contributed by atoms with E-state index in [1.807, 2.05) is 0 Å². The number of rotatable bonds is 6. The van der Waals surface area contributed by atoms with Gasteiger partial charge in [-0.15, -0.1) is 0 Å². The van der Waals surface area contributed by atoms with E-state index in [0.29, 0.717) is 5.92 Å². The number of halogens is 1. The Morgan fingerprint density at radius 2 is 1.79 bits per heavy atom. The Balaban J connectivity index is 1.71. The molecule has 1 saturated carbocycles. The highest BCUT2D eigenvalue weighted by Gasteiger charge is 2.34. The van der Waals surface area contributed by atoms with Gasteiger partial charge in [-0.1, -0.05) is 31.4 Å². The molecule has 1 heterocycles. The lowest BCUT2D eigenvalue weighted by Crippen LogP contribution is -2.48. The summed E-state index contributed by atoms with van der Waals surface area (Å²) in [4.78, 5) is 25.1. The maximum absolute atomic E-state index is 13.2. The van der Waals surface area contributed by atoms with Gasteiger partial charge in [0.1, 0.15) is 4.90 Å². The van der Waals surface area contributed by atoms with E-state index in [-0.39, 0.29) is 52.7 Å². The van der Waals surface area contributed by atoms with Gasteiger partial charge in [0.15, 0.2) is 6.10 Å². The van der Waals surface area contributed by atoms with Gasteiger partial charge >= 0.3 is 5.97 Å². The third-order valence-electron chi connectivity index (χ3n) is 6.26. The van der Waals surface area contributed by atoms with Gasteiger partial charge in [-0.05, 0) is 57.7 Å². The van der Waals surface area contributed by atoms with Crippen molar-refractivity contribution in [2.75, 3.05) is 13.1 Å². The fourth-order valence-corrected chi connectivity index (χ4v) is 6.50. The number of benzene rings is 1. The van der Waals surface area contributed by atoms with Gasteiger partial charge in [-0.25, -0.2) is 13.2 Å². The molecule has 0 spiro atoms. The van der Waals surface area contributed by atoms with Crippen molar-refractivity contribution in [2.24, 2.45) is 5.92 Å². The topological polar surface area (TPSA) is 102 Å². The first-order chi connectivity index (χ1) is 15.5. The normalized spacial score (nSPS) is 27.5. The second kappa shape index (κ2) is 10.7. The highest BCUT2D eigenvalue weighted by Crippen LogP contribution is 2.29. The molecule has 0 unspecified atom stereocenters. The van der Waals surface area contributed by atoms with E-state index >= 15 is 0 Å². The van der Waals surface area contributed by atoms with Crippen molar-refractivity contribution in [2.45, 2.75) is 82.6 Å². The first-order valence-corrected chi connectivity index (χ1v) is 13.3. The number of sulfonamides is 1. The first kappa shape index (κ1) is 25.9. The molecule has 8 nitrogen and oxygen atoms in total. The molecule has 1 N–H and O–H groups in total. The maximum Gasteiger partial charge on any atom is 0.338 e. The van der Waals surface area contributed by atoms with Crippen LogP contribution in [0.5, 0.6) is 0 Å². The van der Waals surface area contributed by atoms with Crippen LogP contribution in [0.4, 0.5) is 0 Å². The number of nitrogens with zero attached hydrogens (tertiary/aromatic N) is 1. The van der Waals surface area contributed by atoms with Crippen molar-refractivity contribution >= 4 is 33.5 Å². The predicted octanol–water partition coefficient (Wildman–Crippen LogP) is 3.38. The van der Waals surface area contributed by atoms with Gasteiger partial charge in [0, 0.05) is 19.1 Å². The van der Waals surface area contributed by atoms with Crippen LogP contribution in [0.3, 0.4) is 0 Å². The molecule has 1 amide bonds. The Morgan fingerprint density at radius 1 is 1.15 bits per heavy atom. The third-order valence-corrected chi connectivity index (χ3v) is 8.58. The lowest BCUT2D eigenvalue weighted by Gasteiger charge is -2.34. The fourth-order valence-electron chi connectivity index (χ4n) is 4.41. The molecule has 1 aromatic carbocycles. The lowest BCUT2D eigenvalue weighted by atomic mass is 9.86. The molecule has 1 aliphatic carbocycles. The Hall–Kier alpha value is -1.68. The molecule has 1 aliphatic heterocycles. The highest BCUT2D eigenvalue weighted by atomic mass is 35.5. The quantitative estimate of drug-likeness (QED) is 0.601. The molecule has 10 heteroatoms. The molecule has 2 aliphatic rings. The van der Waals surface area contributed by atoms with E-state index in [4.69, 9.17) is 21.1 Å². The molecule has 184 valence electrons. The summed E-state index contributed by atoms with van der Waals surface area (Å²) >= 11 is 6.20. The summed E-state index contributed by atoms with van der Waals surface area (Å²) in [6.45, 7) is 7.59. The summed E-state index contributed by atoms with van der Waals surface area (Å²) in [5.41, 5.74) is 0.0121. The van der Waals surface area contributed by atoms with Crippen molar-refractivity contribution in [3.8, 4) is 0 Å². The van der Waals surface area contributed by atoms with Crippen LogP contribution in [-0.4, -0.2) is 62.0 Å². The number of hydrogen-bond donors (Lipinski definition) is 1. The number of ether oxygens (including phenoxy) is 2. The third kappa shape index (κ3) is 6.26. The molecule has 2 fully saturated rings. The average molecular weight is 501 g/mol. The molecule has 1 saturated heterocycles. The lowest BCUT2D eigenvalue weighted by molar-refractivity contribution is -0.130. The van der Waals surface area contributed by atoms with Crippen LogP contribution in [0.25, 0.3) is 0 Å². The second-order valence-corrected chi connectivity index (χ2v) is 11.5. The van der Waals surface area contributed by atoms with E-state index in [1.165, 1.54) is 29.4 Å². The zero-order valence-electron chi connectivity index (χ0n) is 19.5. The molecule has 0 aromatic heterocycles. The Labute approximate surface area is 201 Å². The largest absolute Gasteiger partial charge is 0.449 e. The number of amides is 1. The summed E-state index contributed by atoms with van der Waals surface area (Å²) < 4.78 is 38.7. The fraction of sp³-hybridized carbons (Fsp3) is 0.652. The van der Waals surface area contributed by atoms with Crippen molar-refractivity contribution in [1.82, 2.24) is 9.62 Å². The van der Waals surface area contributed by atoms with Crippen LogP contribution in [-0.2, 0) is 24.3 Å². The molecule has 5 atom stereocenters. The van der Waals surface area contributed by atoms with E-state index in [9.17, 15) is 18.0 Å². The minimum Gasteiger partial charge on any atom is -0.449 e. The number of carbonyl (C=O) groups excluding carboxylic acids is 2. The second-order valence-electron chi connectivity index (χ2n) is 9.15. The molecule has 3 rings (SSSR count). The van der Waals surface area contributed by atoms with Crippen LogP contribution in [0, 0.1) is 5.92 Å². The van der Waals surface area contributed by atoms with Crippen molar-refractivity contribution < 1.29 is 27.5 Å². The zero-order valence-corrected chi connectivity index (χ0v) is 21.1. The van der Waals surface area contributed by atoms with E-state index in [2.05, 4.69) is 12.2 Å². The zero-order chi connectivity index (χ0) is 24.3. The number of esters is 1. The van der Waals surface area contributed by atoms with E-state index in [0.717, 1.165) is 25.7 Å². The number of carbonyl (C=O) groups is 2. The first-order valence-electron chi connectivity index (χ1n) is 11.5. The summed E-state index contributed by atoms with van der Waals surface area (Å²) in [6, 6.07) is 4.02. The SMILES string of the molecule is C[C@@H]1CN(S(=O)(=O)c2cc(C(=O)O[C@H](C)C(=O)N[C@H]3CCCC[C@@H]3C)ccc2Cl)C[C@H](C)O1. The van der Waals surface area contributed by atoms with Gasteiger partial charge < -0.3 is 14.8 Å². The molecule has 0 radical (unpaired) electrons. The van der Waals surface area contributed by atoms with E-state index < -0.39 is 22.1 Å². The van der Waals surface area contributed by atoms with Crippen molar-refractivity contribution in [1.29, 1.82) is 0 Å². The minimum atomic E-state index is -3.95. The molecule has 0 bridgehead atoms. The Kier molecular flexibility index (Phi) is 8.42. The summed E-state index contributed by atoms with van der Waals surface area (Å²) in [6.07, 6.45) is 2.65. The molecular formula is C23H33ClN2O6S. The van der Waals surface area contributed by atoms with Crippen molar-refractivity contribution in [3.63, 3.8) is 0 Å². The van der Waals surface area contributed by atoms with Gasteiger partial charge in [0.25, 0.3) is 5.91 Å². The smallest absolute Gasteiger partial charge is 0.338 e. The summed E-state index contributed by atoms with van der Waals surface area (Å²) in [7, 11) is -3.95. The van der Waals surface area contributed by atoms with E-state index in [1.54, 1.807) is 13.8 Å². The van der Waals surface area contributed by atoms with Crippen LogP contribution in [0.1, 0.15) is 63.7 Å². The average Bonchev–Trinajstić information content (AvgIpc) is 2.74. The monoisotopic (exact) mass is 500 g/mol. The van der Waals surface area contributed by atoms with Gasteiger partial charge in [0.05, 0.1) is 22.8 Å². The standard InChI is InChI=1S/C23H33ClN2O6S/c1-14-7-5-6-8-20(14)25-22(27)17(4)32-23(28)18-9-10-19(24)21(11-18)33(29,30)26-12-15(2)31-16(3)13-26/h9-11,14-17,20H,5-8,12-13H2,1-4H3,(H,25,27)/t14-,15-,16+,17+,20-/m0/s1. The van der Waals surface area contributed by atoms with Crippen molar-refractivity contribution in [3.05, 3.63) is 28.8 Å². The molecule has 1 aromatic rings. The Bertz CT molecular complexity index is 975. The number of morpholine rings is 1. The highest BCUT2D eigenvalue weighted by molar-refractivity contribution is 7.89. The maximum atomic E-state index is 13.2. The Morgan fingerprint density at radius 3 is 2.42 bits per heavy atom. The molecular weight excluding hydrogens is 468 g/mol. The van der Waals surface area contributed by atoms with Gasteiger partial charge in [0.2, 0.25) is 10.0 Å². The van der Waals surface area contributed by atoms with Crippen LogP contribution in [0.15, 0.2) is 23.1 Å². The number of hydrogen-bond acceptors (Lipinski definition) is 6. The predicted molar refractivity (Wildman–Crippen MR) is 125 cm³/mol. The summed E-state index contributed by atoms with van der Waals surface area (Å²) in [5.74, 6) is -0.772.